The van der Waals surface area contributed by atoms with Gasteiger partial charge in [-0.25, -0.2) is 4.39 Å². The standard InChI is InChI=1S/C16H10FNO3/c17-10-3-1-9(2-4-10)12-7-13(19)15-11(18-12)5-6-14-16(15)21-8-20-14/h1-6H,7-8H2. The molecule has 2 aliphatic rings. The number of ether oxygens (including phenoxy) is 2. The Labute approximate surface area is 119 Å². The van der Waals surface area contributed by atoms with Gasteiger partial charge < -0.3 is 9.47 Å². The highest BCUT2D eigenvalue weighted by molar-refractivity contribution is 6.22. The van der Waals surface area contributed by atoms with E-state index in [4.69, 9.17) is 9.47 Å². The van der Waals surface area contributed by atoms with Crippen LogP contribution in [0.1, 0.15) is 22.3 Å². The predicted octanol–water partition coefficient (Wildman–Crippen LogP) is 3.26. The zero-order chi connectivity index (χ0) is 14.4. The van der Waals surface area contributed by atoms with Crippen LogP contribution in [0.25, 0.3) is 0 Å². The van der Waals surface area contributed by atoms with Crippen LogP contribution in [-0.2, 0) is 0 Å². The molecule has 21 heavy (non-hydrogen) atoms. The van der Waals surface area contributed by atoms with Crippen molar-refractivity contribution in [1.29, 1.82) is 0 Å². The van der Waals surface area contributed by atoms with Crippen LogP contribution in [0.5, 0.6) is 11.5 Å². The van der Waals surface area contributed by atoms with E-state index < -0.39 is 0 Å². The van der Waals surface area contributed by atoms with Crippen molar-refractivity contribution in [3.05, 3.63) is 53.3 Å². The second-order valence-corrected chi connectivity index (χ2v) is 4.86. The Morgan fingerprint density at radius 2 is 1.86 bits per heavy atom. The molecular weight excluding hydrogens is 273 g/mol. The summed E-state index contributed by atoms with van der Waals surface area (Å²) in [6.45, 7) is 0.119. The van der Waals surface area contributed by atoms with Gasteiger partial charge in [0.25, 0.3) is 0 Å². The molecule has 0 aliphatic carbocycles. The van der Waals surface area contributed by atoms with Crippen molar-refractivity contribution in [2.24, 2.45) is 4.99 Å². The lowest BCUT2D eigenvalue weighted by Crippen LogP contribution is -2.15. The fourth-order valence-corrected chi connectivity index (χ4v) is 2.56. The van der Waals surface area contributed by atoms with Gasteiger partial charge in [-0.05, 0) is 29.8 Å². The quantitative estimate of drug-likeness (QED) is 0.807. The van der Waals surface area contributed by atoms with Crippen LogP contribution in [0.3, 0.4) is 0 Å². The predicted molar refractivity (Wildman–Crippen MR) is 74.1 cm³/mol. The van der Waals surface area contributed by atoms with Gasteiger partial charge in [-0.1, -0.05) is 12.1 Å². The minimum absolute atomic E-state index is 0.0679. The molecule has 5 heteroatoms. The molecule has 0 radical (unpaired) electrons. The third-order valence-corrected chi connectivity index (χ3v) is 3.56. The summed E-state index contributed by atoms with van der Waals surface area (Å²) in [5.41, 5.74) is 2.41. The molecule has 0 saturated heterocycles. The average molecular weight is 283 g/mol. The third kappa shape index (κ3) is 1.89. The van der Waals surface area contributed by atoms with E-state index in [1.165, 1.54) is 12.1 Å². The summed E-state index contributed by atoms with van der Waals surface area (Å²) in [6.07, 6.45) is 0.165. The number of hydrogen-bond donors (Lipinski definition) is 0. The maximum Gasteiger partial charge on any atom is 0.231 e. The molecule has 4 nitrogen and oxygen atoms in total. The molecule has 0 aromatic heterocycles. The first-order valence-electron chi connectivity index (χ1n) is 6.52. The Morgan fingerprint density at radius 1 is 1.05 bits per heavy atom. The minimum atomic E-state index is -0.315. The summed E-state index contributed by atoms with van der Waals surface area (Å²) in [7, 11) is 0. The summed E-state index contributed by atoms with van der Waals surface area (Å²) in [4.78, 5) is 16.9. The highest BCUT2D eigenvalue weighted by Crippen LogP contribution is 2.43. The molecule has 0 saturated carbocycles. The van der Waals surface area contributed by atoms with Crippen LogP contribution >= 0.6 is 0 Å². The number of ketones is 1. The van der Waals surface area contributed by atoms with Crippen molar-refractivity contribution in [2.45, 2.75) is 6.42 Å². The zero-order valence-corrected chi connectivity index (χ0v) is 10.9. The molecule has 0 spiro atoms. The van der Waals surface area contributed by atoms with Gasteiger partial charge in [0.15, 0.2) is 17.3 Å². The van der Waals surface area contributed by atoms with Crippen molar-refractivity contribution < 1.29 is 18.7 Å². The number of halogens is 1. The number of Topliss-reactive ketones (excluding diaryl/α,β-unsaturated/α-hetero) is 1. The van der Waals surface area contributed by atoms with Crippen LogP contribution in [-0.4, -0.2) is 18.3 Å². The SMILES string of the molecule is O=C1CC(c2ccc(F)cc2)=Nc2ccc3c(c21)OCO3. The highest BCUT2D eigenvalue weighted by Gasteiger charge is 2.29. The first kappa shape index (κ1) is 12.1. The number of hydrogen-bond acceptors (Lipinski definition) is 4. The maximum absolute atomic E-state index is 13.0. The lowest BCUT2D eigenvalue weighted by molar-refractivity contribution is 0.0995. The largest absolute Gasteiger partial charge is 0.454 e. The number of fused-ring (bicyclic) bond motifs is 3. The first-order valence-corrected chi connectivity index (χ1v) is 6.52. The van der Waals surface area contributed by atoms with E-state index in [9.17, 15) is 9.18 Å². The molecule has 104 valence electrons. The van der Waals surface area contributed by atoms with Gasteiger partial charge >= 0.3 is 0 Å². The molecule has 4 rings (SSSR count). The topological polar surface area (TPSA) is 47.9 Å². The Balaban J connectivity index is 1.84. The number of benzene rings is 2. The highest BCUT2D eigenvalue weighted by atomic mass is 19.1. The van der Waals surface area contributed by atoms with E-state index in [0.717, 1.165) is 5.56 Å². The van der Waals surface area contributed by atoms with Crippen LogP contribution in [0.2, 0.25) is 0 Å². The van der Waals surface area contributed by atoms with Gasteiger partial charge in [-0.15, -0.1) is 0 Å². The number of nitrogens with zero attached hydrogens (tertiary/aromatic N) is 1. The first-order chi connectivity index (χ1) is 10.2. The Bertz CT molecular complexity index is 781. The van der Waals surface area contributed by atoms with Crippen LogP contribution in [0.4, 0.5) is 10.1 Å². The van der Waals surface area contributed by atoms with Crippen LogP contribution in [0.15, 0.2) is 41.4 Å². The lowest BCUT2D eigenvalue weighted by atomic mass is 9.95. The van der Waals surface area contributed by atoms with Crippen LogP contribution in [0, 0.1) is 5.82 Å². The Morgan fingerprint density at radius 3 is 2.67 bits per heavy atom. The fourth-order valence-electron chi connectivity index (χ4n) is 2.56. The lowest BCUT2D eigenvalue weighted by Gasteiger charge is -2.16. The second-order valence-electron chi connectivity index (χ2n) is 4.86. The van der Waals surface area contributed by atoms with Gasteiger partial charge in [-0.3, -0.25) is 9.79 Å². The second kappa shape index (κ2) is 4.41. The third-order valence-electron chi connectivity index (χ3n) is 3.56. The summed E-state index contributed by atoms with van der Waals surface area (Å²) in [5, 5.41) is 0. The Kier molecular flexibility index (Phi) is 2.54. The average Bonchev–Trinajstić information content (AvgIpc) is 2.96. The molecule has 2 heterocycles. The van der Waals surface area contributed by atoms with Crippen molar-refractivity contribution >= 4 is 17.2 Å². The summed E-state index contributed by atoms with van der Waals surface area (Å²) in [5.74, 6) is 0.661. The van der Waals surface area contributed by atoms with Gasteiger partial charge in [0, 0.05) is 0 Å². The smallest absolute Gasteiger partial charge is 0.231 e. The van der Waals surface area contributed by atoms with Crippen molar-refractivity contribution in [2.75, 3.05) is 6.79 Å². The molecule has 0 N–H and O–H groups in total. The minimum Gasteiger partial charge on any atom is -0.454 e. The fraction of sp³-hybridized carbons (Fsp3) is 0.125. The normalized spacial score (nSPS) is 15.7. The van der Waals surface area contributed by atoms with E-state index in [1.807, 2.05) is 0 Å². The molecule has 0 bridgehead atoms. The molecule has 0 fully saturated rings. The molecule has 2 aliphatic heterocycles. The maximum atomic E-state index is 13.0. The van der Waals surface area contributed by atoms with Crippen molar-refractivity contribution in [3.63, 3.8) is 0 Å². The molecule has 2 aromatic rings. The van der Waals surface area contributed by atoms with Gasteiger partial charge in [0.2, 0.25) is 6.79 Å². The van der Waals surface area contributed by atoms with Gasteiger partial charge in [0.1, 0.15) is 5.82 Å². The number of aliphatic imine (C=N–C) groups is 1. The zero-order valence-electron chi connectivity index (χ0n) is 10.9. The molecule has 0 atom stereocenters. The monoisotopic (exact) mass is 283 g/mol. The summed E-state index contributed by atoms with van der Waals surface area (Å²) < 4.78 is 23.6. The van der Waals surface area contributed by atoms with E-state index in [-0.39, 0.29) is 24.8 Å². The number of carbonyl (C=O) groups is 1. The Hall–Kier alpha value is -2.69. The van der Waals surface area contributed by atoms with E-state index in [0.29, 0.717) is 28.5 Å². The molecular formula is C16H10FNO3. The van der Waals surface area contributed by atoms with E-state index in [2.05, 4.69) is 4.99 Å². The summed E-state index contributed by atoms with van der Waals surface area (Å²) in [6, 6.07) is 9.45. The number of rotatable bonds is 1. The number of carbonyl (C=O) groups excluding carboxylic acids is 1. The van der Waals surface area contributed by atoms with Crippen molar-refractivity contribution in [1.82, 2.24) is 0 Å². The summed E-state index contributed by atoms with van der Waals surface area (Å²) >= 11 is 0. The van der Waals surface area contributed by atoms with Crippen molar-refractivity contribution in [3.8, 4) is 11.5 Å². The molecule has 2 aromatic carbocycles. The molecule has 0 unspecified atom stereocenters. The molecule has 0 amide bonds. The van der Waals surface area contributed by atoms with Crippen LogP contribution < -0.4 is 9.47 Å². The van der Waals surface area contributed by atoms with Gasteiger partial charge in [0.05, 0.1) is 23.4 Å². The van der Waals surface area contributed by atoms with Gasteiger partial charge in [-0.2, -0.15) is 0 Å². The van der Waals surface area contributed by atoms with E-state index >= 15 is 0 Å². The van der Waals surface area contributed by atoms with E-state index in [1.54, 1.807) is 24.3 Å².